The van der Waals surface area contributed by atoms with E-state index in [0.717, 1.165) is 32.7 Å². The molecule has 25 heavy (non-hydrogen) atoms. The van der Waals surface area contributed by atoms with Gasteiger partial charge in [0.1, 0.15) is 0 Å². The SMILES string of the molecule is O=S(=O)(Cc1ccccc1)SCCCSS(=O)(=O)Cc1ccccc1. The van der Waals surface area contributed by atoms with Gasteiger partial charge in [-0.1, -0.05) is 60.7 Å². The summed E-state index contributed by atoms with van der Waals surface area (Å²) in [6, 6.07) is 18.1. The third-order valence-electron chi connectivity index (χ3n) is 3.19. The molecule has 0 radical (unpaired) electrons. The van der Waals surface area contributed by atoms with E-state index in [0.29, 0.717) is 17.9 Å². The normalized spacial score (nSPS) is 12.2. The van der Waals surface area contributed by atoms with Crippen molar-refractivity contribution >= 4 is 39.3 Å². The van der Waals surface area contributed by atoms with Crippen LogP contribution in [0, 0.1) is 0 Å². The van der Waals surface area contributed by atoms with Gasteiger partial charge < -0.3 is 0 Å². The van der Waals surface area contributed by atoms with Crippen LogP contribution in [0.3, 0.4) is 0 Å². The van der Waals surface area contributed by atoms with Gasteiger partial charge in [-0.25, -0.2) is 16.8 Å². The quantitative estimate of drug-likeness (QED) is 0.432. The van der Waals surface area contributed by atoms with Crippen LogP contribution in [0.15, 0.2) is 60.7 Å². The zero-order valence-corrected chi connectivity index (χ0v) is 16.8. The van der Waals surface area contributed by atoms with Gasteiger partial charge in [0.25, 0.3) is 0 Å². The summed E-state index contributed by atoms with van der Waals surface area (Å²) in [6.07, 6.45) is 0.525. The van der Waals surface area contributed by atoms with Crippen LogP contribution in [0.5, 0.6) is 0 Å². The third kappa shape index (κ3) is 8.31. The minimum Gasteiger partial charge on any atom is -0.217 e. The summed E-state index contributed by atoms with van der Waals surface area (Å²) in [7, 11) is -4.70. The summed E-state index contributed by atoms with van der Waals surface area (Å²) < 4.78 is 48.2. The largest absolute Gasteiger partial charge is 0.217 e. The predicted octanol–water partition coefficient (Wildman–Crippen LogP) is 3.90. The zero-order valence-electron chi connectivity index (χ0n) is 13.6. The van der Waals surface area contributed by atoms with Gasteiger partial charge in [-0.2, -0.15) is 0 Å². The molecule has 4 nitrogen and oxygen atoms in total. The summed E-state index contributed by atoms with van der Waals surface area (Å²) in [5.41, 5.74) is 1.52. The summed E-state index contributed by atoms with van der Waals surface area (Å²) in [6.45, 7) is 0. The molecule has 2 aromatic rings. The van der Waals surface area contributed by atoms with Crippen LogP contribution in [0.1, 0.15) is 17.5 Å². The van der Waals surface area contributed by atoms with E-state index in [1.807, 2.05) is 36.4 Å². The second-order valence-corrected chi connectivity index (χ2v) is 13.9. The lowest BCUT2D eigenvalue weighted by Gasteiger charge is -2.05. The fourth-order valence-electron chi connectivity index (χ4n) is 2.07. The molecule has 0 aliphatic carbocycles. The van der Waals surface area contributed by atoms with Crippen molar-refractivity contribution in [3.8, 4) is 0 Å². The Hall–Kier alpha value is -0.960. The minimum atomic E-state index is -3.24. The summed E-state index contributed by atoms with van der Waals surface area (Å²) in [4.78, 5) is 0. The smallest absolute Gasteiger partial charge is 0.205 e. The molecule has 0 N–H and O–H groups in total. The lowest BCUT2D eigenvalue weighted by Crippen LogP contribution is -2.02. The topological polar surface area (TPSA) is 68.3 Å². The van der Waals surface area contributed by atoms with E-state index < -0.39 is 17.7 Å². The molecular formula is C17H20O4S4. The van der Waals surface area contributed by atoms with Crippen molar-refractivity contribution in [1.29, 1.82) is 0 Å². The van der Waals surface area contributed by atoms with E-state index in [4.69, 9.17) is 0 Å². The third-order valence-corrected chi connectivity index (χ3v) is 10.1. The lowest BCUT2D eigenvalue weighted by molar-refractivity contribution is 0.608. The maximum absolute atomic E-state index is 12.0. The highest BCUT2D eigenvalue weighted by Gasteiger charge is 2.15. The van der Waals surface area contributed by atoms with Crippen LogP contribution in [0.4, 0.5) is 0 Å². The molecule has 136 valence electrons. The van der Waals surface area contributed by atoms with Crippen molar-refractivity contribution < 1.29 is 16.8 Å². The van der Waals surface area contributed by atoms with Gasteiger partial charge in [-0.05, 0) is 39.1 Å². The van der Waals surface area contributed by atoms with Gasteiger partial charge in [0, 0.05) is 11.5 Å². The fraction of sp³-hybridized carbons (Fsp3) is 0.294. The molecule has 0 spiro atoms. The van der Waals surface area contributed by atoms with Crippen molar-refractivity contribution in [1.82, 2.24) is 0 Å². The minimum absolute atomic E-state index is 0.00203. The molecule has 2 aromatic carbocycles. The molecule has 0 bridgehead atoms. The molecule has 0 amide bonds. The molecular weight excluding hydrogens is 396 g/mol. The first kappa shape index (κ1) is 20.4. The van der Waals surface area contributed by atoms with E-state index >= 15 is 0 Å². The van der Waals surface area contributed by atoms with Crippen molar-refractivity contribution in [3.63, 3.8) is 0 Å². The first-order valence-corrected chi connectivity index (χ1v) is 14.0. The molecule has 0 aromatic heterocycles. The van der Waals surface area contributed by atoms with Crippen LogP contribution in [0.2, 0.25) is 0 Å². The molecule has 0 aliphatic heterocycles. The molecule has 0 fully saturated rings. The Bertz CT molecular complexity index is 775. The van der Waals surface area contributed by atoms with Gasteiger partial charge in [-0.15, -0.1) is 0 Å². The highest BCUT2D eigenvalue weighted by atomic mass is 33.1. The Morgan fingerprint density at radius 1 is 0.600 bits per heavy atom. The molecule has 8 heteroatoms. The van der Waals surface area contributed by atoms with Gasteiger partial charge in [0.15, 0.2) is 0 Å². The van der Waals surface area contributed by atoms with Gasteiger partial charge >= 0.3 is 0 Å². The van der Waals surface area contributed by atoms with E-state index in [1.165, 1.54) is 0 Å². The van der Waals surface area contributed by atoms with E-state index in [1.54, 1.807) is 24.3 Å². The van der Waals surface area contributed by atoms with Gasteiger partial charge in [0.05, 0.1) is 11.5 Å². The first-order valence-electron chi connectivity index (χ1n) is 7.68. The molecule has 0 unspecified atom stereocenters. The predicted molar refractivity (Wildman–Crippen MR) is 108 cm³/mol. The van der Waals surface area contributed by atoms with Crippen molar-refractivity contribution in [2.24, 2.45) is 0 Å². The standard InChI is InChI=1S/C17H20O4S4/c18-24(19,14-16-8-3-1-4-9-16)22-12-7-13-23-25(20,21)15-17-10-5-2-6-11-17/h1-6,8-11H,7,12-15H2. The van der Waals surface area contributed by atoms with Crippen molar-refractivity contribution in [2.45, 2.75) is 17.9 Å². The van der Waals surface area contributed by atoms with Gasteiger partial charge in [-0.3, -0.25) is 0 Å². The monoisotopic (exact) mass is 416 g/mol. The summed E-state index contributed by atoms with van der Waals surface area (Å²) in [5.74, 6) is 0.780. The van der Waals surface area contributed by atoms with Crippen LogP contribution >= 0.6 is 21.6 Å². The Labute approximate surface area is 157 Å². The molecule has 2 rings (SSSR count). The first-order chi connectivity index (χ1) is 11.9. The maximum atomic E-state index is 12.0. The highest BCUT2D eigenvalue weighted by Crippen LogP contribution is 2.23. The van der Waals surface area contributed by atoms with E-state index in [2.05, 4.69) is 0 Å². The number of hydrogen-bond donors (Lipinski definition) is 0. The second kappa shape index (κ2) is 9.66. The van der Waals surface area contributed by atoms with Crippen molar-refractivity contribution in [2.75, 3.05) is 11.5 Å². The number of rotatable bonds is 10. The highest BCUT2D eigenvalue weighted by molar-refractivity contribution is 8.72. The molecule has 0 saturated carbocycles. The Balaban J connectivity index is 1.70. The average Bonchev–Trinajstić information content (AvgIpc) is 2.55. The fourth-order valence-corrected chi connectivity index (χ4v) is 8.20. The van der Waals surface area contributed by atoms with E-state index in [9.17, 15) is 16.8 Å². The summed E-state index contributed by atoms with van der Waals surface area (Å²) >= 11 is 0. The van der Waals surface area contributed by atoms with Crippen LogP contribution < -0.4 is 0 Å². The Kier molecular flexibility index (Phi) is 7.86. The lowest BCUT2D eigenvalue weighted by atomic mass is 10.2. The Morgan fingerprint density at radius 3 is 1.32 bits per heavy atom. The molecule has 0 atom stereocenters. The zero-order chi connectivity index (χ0) is 18.2. The molecule has 0 saturated heterocycles. The average molecular weight is 417 g/mol. The number of benzene rings is 2. The van der Waals surface area contributed by atoms with Crippen LogP contribution in [-0.2, 0) is 29.2 Å². The van der Waals surface area contributed by atoms with Crippen LogP contribution in [0.25, 0.3) is 0 Å². The molecule has 0 aliphatic rings. The molecule has 0 heterocycles. The second-order valence-electron chi connectivity index (χ2n) is 5.37. The van der Waals surface area contributed by atoms with Crippen molar-refractivity contribution in [3.05, 3.63) is 71.8 Å². The number of hydrogen-bond acceptors (Lipinski definition) is 6. The van der Waals surface area contributed by atoms with Gasteiger partial charge in [0.2, 0.25) is 17.7 Å². The van der Waals surface area contributed by atoms with E-state index in [-0.39, 0.29) is 11.5 Å². The summed E-state index contributed by atoms with van der Waals surface area (Å²) in [5, 5.41) is 0. The Morgan fingerprint density at radius 2 is 0.960 bits per heavy atom. The van der Waals surface area contributed by atoms with Crippen LogP contribution in [-0.4, -0.2) is 28.3 Å². The maximum Gasteiger partial charge on any atom is 0.205 e.